The number of fused-ring (bicyclic) bond motifs is 1. The second-order valence-electron chi connectivity index (χ2n) is 3.55. The van der Waals surface area contributed by atoms with Gasteiger partial charge in [-0.1, -0.05) is 11.6 Å². The minimum absolute atomic E-state index is 0.242. The third kappa shape index (κ3) is 1.49. The molecular formula is C11H11ClO. The molecule has 0 amide bonds. The van der Waals surface area contributed by atoms with Gasteiger partial charge in [0.05, 0.1) is 0 Å². The smallest absolute Gasteiger partial charge is 0.163 e. The molecule has 0 N–H and O–H groups in total. The van der Waals surface area contributed by atoms with E-state index in [9.17, 15) is 4.79 Å². The van der Waals surface area contributed by atoms with Crippen LogP contribution in [0.15, 0.2) is 12.1 Å². The van der Waals surface area contributed by atoms with E-state index in [1.165, 1.54) is 0 Å². The van der Waals surface area contributed by atoms with Crippen molar-refractivity contribution in [2.45, 2.75) is 26.2 Å². The van der Waals surface area contributed by atoms with Gasteiger partial charge in [0.15, 0.2) is 5.78 Å². The molecule has 0 bridgehead atoms. The molecule has 0 aliphatic heterocycles. The summed E-state index contributed by atoms with van der Waals surface area (Å²) in [5.74, 6) is 0.242. The van der Waals surface area contributed by atoms with Crippen molar-refractivity contribution < 1.29 is 4.79 Å². The van der Waals surface area contributed by atoms with Crippen molar-refractivity contribution in [2.75, 3.05) is 0 Å². The van der Waals surface area contributed by atoms with Crippen LogP contribution in [0.2, 0.25) is 5.02 Å². The summed E-state index contributed by atoms with van der Waals surface area (Å²) in [6.45, 7) is 1.97. The van der Waals surface area contributed by atoms with E-state index in [2.05, 4.69) is 0 Å². The summed E-state index contributed by atoms with van der Waals surface area (Å²) >= 11 is 6.06. The first-order chi connectivity index (χ1) is 6.18. The number of benzene rings is 1. The van der Waals surface area contributed by atoms with Gasteiger partial charge in [-0.2, -0.15) is 0 Å². The largest absolute Gasteiger partial charge is 0.294 e. The predicted molar refractivity (Wildman–Crippen MR) is 53.5 cm³/mol. The van der Waals surface area contributed by atoms with Gasteiger partial charge in [0.25, 0.3) is 0 Å². The molecule has 0 atom stereocenters. The molecule has 1 aliphatic carbocycles. The normalized spacial score (nSPS) is 15.7. The zero-order chi connectivity index (χ0) is 9.42. The number of carbonyl (C=O) groups is 1. The van der Waals surface area contributed by atoms with Crippen LogP contribution in [0.5, 0.6) is 0 Å². The molecule has 13 heavy (non-hydrogen) atoms. The number of Topliss-reactive ketones (excluding diaryl/α,β-unsaturated/α-hetero) is 1. The van der Waals surface area contributed by atoms with E-state index in [0.717, 1.165) is 34.6 Å². The van der Waals surface area contributed by atoms with E-state index in [-0.39, 0.29) is 5.78 Å². The van der Waals surface area contributed by atoms with E-state index in [4.69, 9.17) is 11.6 Å². The lowest BCUT2D eigenvalue weighted by atomic mass is 9.89. The van der Waals surface area contributed by atoms with Gasteiger partial charge in [-0.05, 0) is 43.0 Å². The van der Waals surface area contributed by atoms with Crippen molar-refractivity contribution in [1.29, 1.82) is 0 Å². The molecule has 1 aromatic carbocycles. The second-order valence-corrected chi connectivity index (χ2v) is 3.96. The Hall–Kier alpha value is -0.820. The first-order valence-electron chi connectivity index (χ1n) is 4.50. The van der Waals surface area contributed by atoms with Crippen molar-refractivity contribution in [3.63, 3.8) is 0 Å². The Bertz CT molecular complexity index is 369. The highest BCUT2D eigenvalue weighted by Crippen LogP contribution is 2.28. The summed E-state index contributed by atoms with van der Waals surface area (Å²) < 4.78 is 0. The molecule has 1 nitrogen and oxygen atoms in total. The van der Waals surface area contributed by atoms with Gasteiger partial charge >= 0.3 is 0 Å². The maximum Gasteiger partial charge on any atom is 0.163 e. The van der Waals surface area contributed by atoms with Gasteiger partial charge in [0, 0.05) is 17.0 Å². The fourth-order valence-corrected chi connectivity index (χ4v) is 2.20. The van der Waals surface area contributed by atoms with E-state index in [1.54, 1.807) is 0 Å². The topological polar surface area (TPSA) is 17.1 Å². The molecule has 0 radical (unpaired) electrons. The minimum Gasteiger partial charge on any atom is -0.294 e. The highest BCUT2D eigenvalue weighted by Gasteiger charge is 2.19. The number of hydrogen-bond acceptors (Lipinski definition) is 1. The minimum atomic E-state index is 0.242. The van der Waals surface area contributed by atoms with Crippen LogP contribution in [0.4, 0.5) is 0 Å². The van der Waals surface area contributed by atoms with Crippen LogP contribution < -0.4 is 0 Å². The number of hydrogen-bond donors (Lipinski definition) is 0. The number of halogens is 1. The highest BCUT2D eigenvalue weighted by atomic mass is 35.5. The summed E-state index contributed by atoms with van der Waals surface area (Å²) in [6, 6.07) is 3.88. The average molecular weight is 195 g/mol. The van der Waals surface area contributed by atoms with Crippen LogP contribution in [0.25, 0.3) is 0 Å². The monoisotopic (exact) mass is 194 g/mol. The predicted octanol–water partition coefficient (Wildman–Crippen LogP) is 3.17. The van der Waals surface area contributed by atoms with Crippen molar-refractivity contribution in [1.82, 2.24) is 0 Å². The third-order valence-electron chi connectivity index (χ3n) is 2.47. The molecule has 0 heterocycles. The summed E-state index contributed by atoms with van der Waals surface area (Å²) in [6.07, 6.45) is 2.56. The Morgan fingerprint density at radius 3 is 2.85 bits per heavy atom. The zero-order valence-corrected chi connectivity index (χ0v) is 8.32. The highest BCUT2D eigenvalue weighted by molar-refractivity contribution is 6.32. The van der Waals surface area contributed by atoms with E-state index >= 15 is 0 Å². The third-order valence-corrected chi connectivity index (χ3v) is 2.81. The average Bonchev–Trinajstić information content (AvgIpc) is 2.07. The van der Waals surface area contributed by atoms with Crippen LogP contribution in [0, 0.1) is 6.92 Å². The first kappa shape index (κ1) is 8.76. The molecule has 2 rings (SSSR count). The first-order valence-corrected chi connectivity index (χ1v) is 4.88. The SMILES string of the molecule is Cc1cc(Cl)c2c(c1)C(=O)CCC2. The lowest BCUT2D eigenvalue weighted by molar-refractivity contribution is 0.0972. The van der Waals surface area contributed by atoms with Crippen LogP contribution in [0.3, 0.4) is 0 Å². The van der Waals surface area contributed by atoms with Gasteiger partial charge in [0.2, 0.25) is 0 Å². The van der Waals surface area contributed by atoms with Crippen molar-refractivity contribution in [3.05, 3.63) is 33.8 Å². The summed E-state index contributed by atoms with van der Waals surface area (Å²) in [5.41, 5.74) is 2.96. The van der Waals surface area contributed by atoms with Crippen molar-refractivity contribution in [3.8, 4) is 0 Å². The Morgan fingerprint density at radius 2 is 2.08 bits per heavy atom. The van der Waals surface area contributed by atoms with Crippen molar-refractivity contribution in [2.24, 2.45) is 0 Å². The van der Waals surface area contributed by atoms with E-state index < -0.39 is 0 Å². The van der Waals surface area contributed by atoms with Crippen molar-refractivity contribution >= 4 is 17.4 Å². The van der Waals surface area contributed by atoms with Gasteiger partial charge in [-0.3, -0.25) is 4.79 Å². The molecule has 2 heteroatoms. The molecular weight excluding hydrogens is 184 g/mol. The Balaban J connectivity index is 2.63. The number of rotatable bonds is 0. The van der Waals surface area contributed by atoms with Gasteiger partial charge in [-0.25, -0.2) is 0 Å². The lowest BCUT2D eigenvalue weighted by Gasteiger charge is -2.16. The molecule has 0 aromatic heterocycles. The summed E-state index contributed by atoms with van der Waals surface area (Å²) in [4.78, 5) is 11.5. The van der Waals surface area contributed by atoms with Gasteiger partial charge < -0.3 is 0 Å². The number of carbonyl (C=O) groups excluding carboxylic acids is 1. The van der Waals surface area contributed by atoms with Gasteiger partial charge in [0.1, 0.15) is 0 Å². The maximum absolute atomic E-state index is 11.5. The second kappa shape index (κ2) is 3.15. The lowest BCUT2D eigenvalue weighted by Crippen LogP contribution is -2.11. The molecule has 1 aromatic rings. The maximum atomic E-state index is 11.5. The molecule has 0 unspecified atom stereocenters. The summed E-state index contributed by atoms with van der Waals surface area (Å²) in [7, 11) is 0. The van der Waals surface area contributed by atoms with Gasteiger partial charge in [-0.15, -0.1) is 0 Å². The molecule has 1 aliphatic rings. The van der Waals surface area contributed by atoms with E-state index in [0.29, 0.717) is 6.42 Å². The fourth-order valence-electron chi connectivity index (χ4n) is 1.84. The molecule has 0 spiro atoms. The van der Waals surface area contributed by atoms with Crippen LogP contribution in [0.1, 0.15) is 34.3 Å². The molecule has 68 valence electrons. The summed E-state index contributed by atoms with van der Waals surface area (Å²) in [5, 5.41) is 0.753. The number of ketones is 1. The molecule has 0 saturated carbocycles. The molecule has 0 fully saturated rings. The quantitative estimate of drug-likeness (QED) is 0.620. The molecule has 0 saturated heterocycles. The Morgan fingerprint density at radius 1 is 1.31 bits per heavy atom. The van der Waals surface area contributed by atoms with Crippen LogP contribution in [-0.4, -0.2) is 5.78 Å². The Kier molecular flexibility index (Phi) is 2.12. The zero-order valence-electron chi connectivity index (χ0n) is 7.56. The number of aryl methyl sites for hydroxylation is 1. The fraction of sp³-hybridized carbons (Fsp3) is 0.364. The standard InChI is InChI=1S/C11H11ClO/c1-7-5-9-8(10(12)6-7)3-2-4-11(9)13/h5-6H,2-4H2,1H3. The van der Waals surface area contributed by atoms with E-state index in [1.807, 2.05) is 19.1 Å². The van der Waals surface area contributed by atoms with Crippen LogP contribution >= 0.6 is 11.6 Å². The Labute approximate surface area is 82.7 Å². The van der Waals surface area contributed by atoms with Crippen LogP contribution in [-0.2, 0) is 6.42 Å².